The predicted molar refractivity (Wildman–Crippen MR) is 91.5 cm³/mol. The first-order valence-electron chi connectivity index (χ1n) is 8.34. The number of hydrogen-bond donors (Lipinski definition) is 1. The Balaban J connectivity index is 1.84. The maximum absolute atomic E-state index is 11.9. The quantitative estimate of drug-likeness (QED) is 0.927. The van der Waals surface area contributed by atoms with Crippen LogP contribution in [0.1, 0.15) is 35.7 Å². The van der Waals surface area contributed by atoms with Crippen LogP contribution >= 0.6 is 0 Å². The summed E-state index contributed by atoms with van der Waals surface area (Å²) >= 11 is 0. The number of piperidine rings is 1. The molecule has 0 radical (unpaired) electrons. The molecule has 126 valence electrons. The lowest BCUT2D eigenvalue weighted by atomic mass is 9.90. The number of carbonyl (C=O) groups is 2. The molecule has 0 spiro atoms. The smallest absolute Gasteiger partial charge is 0.317 e. The van der Waals surface area contributed by atoms with Gasteiger partial charge < -0.3 is 15.1 Å². The summed E-state index contributed by atoms with van der Waals surface area (Å²) < 4.78 is 0. The number of urea groups is 1. The van der Waals surface area contributed by atoms with Crippen molar-refractivity contribution < 1.29 is 9.59 Å². The molecule has 1 aliphatic rings. The molecular formula is C18H27N3O2. The van der Waals surface area contributed by atoms with E-state index in [1.165, 1.54) is 5.56 Å². The molecule has 0 aliphatic carbocycles. The van der Waals surface area contributed by atoms with Gasteiger partial charge in [0.2, 0.25) is 0 Å². The Morgan fingerprint density at radius 3 is 2.30 bits per heavy atom. The van der Waals surface area contributed by atoms with Crippen LogP contribution in [0.25, 0.3) is 0 Å². The zero-order valence-corrected chi connectivity index (χ0v) is 14.3. The van der Waals surface area contributed by atoms with Crippen LogP contribution in [0.4, 0.5) is 4.79 Å². The fourth-order valence-electron chi connectivity index (χ4n) is 2.98. The van der Waals surface area contributed by atoms with Crippen molar-refractivity contribution in [3.8, 4) is 0 Å². The Labute approximate surface area is 138 Å². The van der Waals surface area contributed by atoms with E-state index >= 15 is 0 Å². The van der Waals surface area contributed by atoms with Gasteiger partial charge in [-0.3, -0.25) is 4.79 Å². The molecule has 1 saturated heterocycles. The summed E-state index contributed by atoms with van der Waals surface area (Å²) in [6, 6.07) is 7.96. The lowest BCUT2D eigenvalue weighted by Gasteiger charge is -2.32. The van der Waals surface area contributed by atoms with Crippen molar-refractivity contribution in [3.63, 3.8) is 0 Å². The van der Waals surface area contributed by atoms with Crippen molar-refractivity contribution in [3.05, 3.63) is 35.4 Å². The van der Waals surface area contributed by atoms with E-state index in [9.17, 15) is 9.59 Å². The van der Waals surface area contributed by atoms with Crippen molar-refractivity contribution in [2.45, 2.75) is 26.2 Å². The van der Waals surface area contributed by atoms with Gasteiger partial charge in [0.05, 0.1) is 0 Å². The van der Waals surface area contributed by atoms with Gasteiger partial charge in [0.1, 0.15) is 0 Å². The van der Waals surface area contributed by atoms with Crippen LogP contribution in [-0.2, 0) is 6.42 Å². The highest BCUT2D eigenvalue weighted by Crippen LogP contribution is 2.22. The van der Waals surface area contributed by atoms with Crippen molar-refractivity contribution in [1.29, 1.82) is 0 Å². The highest BCUT2D eigenvalue weighted by atomic mass is 16.2. The number of amides is 3. The molecule has 2 rings (SSSR count). The summed E-state index contributed by atoms with van der Waals surface area (Å²) in [5.74, 6) is 0.642. The van der Waals surface area contributed by atoms with Gasteiger partial charge in [-0.25, -0.2) is 4.79 Å². The van der Waals surface area contributed by atoms with E-state index < -0.39 is 0 Å². The second-order valence-corrected chi connectivity index (χ2v) is 6.37. The largest absolute Gasteiger partial charge is 0.345 e. The minimum Gasteiger partial charge on any atom is -0.345 e. The number of nitrogens with zero attached hydrogens (tertiary/aromatic N) is 2. The first kappa shape index (κ1) is 17.3. The van der Waals surface area contributed by atoms with Crippen LogP contribution in [0.2, 0.25) is 0 Å². The highest BCUT2D eigenvalue weighted by molar-refractivity contribution is 5.93. The molecule has 3 amide bonds. The summed E-state index contributed by atoms with van der Waals surface area (Å²) in [6.45, 7) is 4.27. The van der Waals surface area contributed by atoms with Crippen molar-refractivity contribution in [2.75, 3.05) is 33.7 Å². The average molecular weight is 317 g/mol. The average Bonchev–Trinajstić information content (AvgIpc) is 2.55. The van der Waals surface area contributed by atoms with Gasteiger partial charge in [-0.1, -0.05) is 12.1 Å². The van der Waals surface area contributed by atoms with E-state index in [0.29, 0.717) is 12.5 Å². The molecule has 1 aromatic carbocycles. The fraction of sp³-hybridized carbons (Fsp3) is 0.556. The number of nitrogens with one attached hydrogen (secondary N) is 1. The lowest BCUT2D eigenvalue weighted by molar-refractivity contribution is 0.0827. The molecule has 0 bridgehead atoms. The fourth-order valence-corrected chi connectivity index (χ4v) is 2.98. The lowest BCUT2D eigenvalue weighted by Crippen LogP contribution is -2.44. The third-order valence-electron chi connectivity index (χ3n) is 4.36. The first-order chi connectivity index (χ1) is 11.0. The van der Waals surface area contributed by atoms with Crippen molar-refractivity contribution in [2.24, 2.45) is 5.92 Å². The minimum absolute atomic E-state index is 0.0341. The van der Waals surface area contributed by atoms with Gasteiger partial charge >= 0.3 is 6.03 Å². The molecule has 1 aliphatic heterocycles. The van der Waals surface area contributed by atoms with Crippen molar-refractivity contribution >= 4 is 11.9 Å². The zero-order chi connectivity index (χ0) is 16.8. The van der Waals surface area contributed by atoms with E-state index in [1.807, 2.05) is 36.1 Å². The Morgan fingerprint density at radius 2 is 1.78 bits per heavy atom. The molecule has 1 heterocycles. The number of rotatable bonds is 4. The molecule has 5 nitrogen and oxygen atoms in total. The highest BCUT2D eigenvalue weighted by Gasteiger charge is 2.22. The van der Waals surface area contributed by atoms with E-state index in [-0.39, 0.29) is 11.9 Å². The Hall–Kier alpha value is -2.04. The van der Waals surface area contributed by atoms with Crippen LogP contribution in [-0.4, -0.2) is 55.5 Å². The standard InChI is InChI=1S/C18H27N3O2/c1-4-19-18(23)21-11-9-15(10-12-21)13-14-5-7-16(8-6-14)17(22)20(2)3/h5-8,15H,4,9-13H2,1-3H3,(H,19,23). The second kappa shape index (κ2) is 7.99. The number of likely N-dealkylation sites (tertiary alicyclic amines) is 1. The monoisotopic (exact) mass is 317 g/mol. The van der Waals surface area contributed by atoms with Gasteiger partial charge in [-0.05, 0) is 49.8 Å². The third-order valence-corrected chi connectivity index (χ3v) is 4.36. The normalized spacial score (nSPS) is 15.3. The molecule has 0 atom stereocenters. The van der Waals surface area contributed by atoms with Gasteiger partial charge in [0.15, 0.2) is 0 Å². The topological polar surface area (TPSA) is 52.7 Å². The Kier molecular flexibility index (Phi) is 6.02. The molecule has 0 unspecified atom stereocenters. The summed E-state index contributed by atoms with van der Waals surface area (Å²) in [7, 11) is 3.53. The molecular weight excluding hydrogens is 290 g/mol. The minimum atomic E-state index is 0.0341. The van der Waals surface area contributed by atoms with Crippen LogP contribution in [0, 0.1) is 5.92 Å². The molecule has 0 saturated carbocycles. The molecule has 0 aromatic heterocycles. The first-order valence-corrected chi connectivity index (χ1v) is 8.34. The second-order valence-electron chi connectivity index (χ2n) is 6.37. The predicted octanol–water partition coefficient (Wildman–Crippen LogP) is 2.37. The number of benzene rings is 1. The Bertz CT molecular complexity index is 532. The number of hydrogen-bond acceptors (Lipinski definition) is 2. The molecule has 23 heavy (non-hydrogen) atoms. The molecule has 1 aromatic rings. The van der Waals surface area contributed by atoms with Crippen LogP contribution in [0.5, 0.6) is 0 Å². The molecule has 1 N–H and O–H groups in total. The maximum atomic E-state index is 11.9. The van der Waals surface area contributed by atoms with Crippen LogP contribution < -0.4 is 5.32 Å². The zero-order valence-electron chi connectivity index (χ0n) is 14.3. The van der Waals surface area contributed by atoms with E-state index in [2.05, 4.69) is 5.32 Å². The van der Waals surface area contributed by atoms with E-state index in [1.54, 1.807) is 19.0 Å². The molecule has 5 heteroatoms. The van der Waals surface area contributed by atoms with E-state index in [0.717, 1.165) is 37.9 Å². The molecule has 1 fully saturated rings. The summed E-state index contributed by atoms with van der Waals surface area (Å²) in [6.07, 6.45) is 3.09. The summed E-state index contributed by atoms with van der Waals surface area (Å²) in [4.78, 5) is 27.2. The SMILES string of the molecule is CCNC(=O)N1CCC(Cc2ccc(C(=O)N(C)C)cc2)CC1. The van der Waals surface area contributed by atoms with E-state index in [4.69, 9.17) is 0 Å². The number of carbonyl (C=O) groups excluding carboxylic acids is 2. The Morgan fingerprint density at radius 1 is 1.17 bits per heavy atom. The van der Waals surface area contributed by atoms with Crippen molar-refractivity contribution in [1.82, 2.24) is 15.1 Å². The van der Waals surface area contributed by atoms with Gasteiger partial charge in [-0.15, -0.1) is 0 Å². The maximum Gasteiger partial charge on any atom is 0.317 e. The van der Waals surface area contributed by atoms with Crippen LogP contribution in [0.15, 0.2) is 24.3 Å². The van der Waals surface area contributed by atoms with Gasteiger partial charge in [0.25, 0.3) is 5.91 Å². The van der Waals surface area contributed by atoms with Gasteiger partial charge in [-0.2, -0.15) is 0 Å². The van der Waals surface area contributed by atoms with Crippen LogP contribution in [0.3, 0.4) is 0 Å². The summed E-state index contributed by atoms with van der Waals surface area (Å²) in [5, 5.41) is 2.86. The summed E-state index contributed by atoms with van der Waals surface area (Å²) in [5.41, 5.74) is 1.99. The van der Waals surface area contributed by atoms with Gasteiger partial charge in [0, 0.05) is 39.3 Å². The third kappa shape index (κ3) is 4.71.